The van der Waals surface area contributed by atoms with Crippen LogP contribution >= 0.6 is 7.60 Å². The predicted molar refractivity (Wildman–Crippen MR) is 69.0 cm³/mol. The minimum Gasteiger partial charge on any atom is -0.387 e. The number of aliphatic hydroxyl groups is 2. The van der Waals surface area contributed by atoms with Crippen molar-refractivity contribution < 1.29 is 33.3 Å². The molecule has 2 rings (SSSR count). The van der Waals surface area contributed by atoms with Crippen LogP contribution in [0.2, 0.25) is 0 Å². The molecule has 0 aliphatic carbocycles. The SMILES string of the molecule is CP(=O)(O)OC[C@H]1O[C@@](F)(n2ccc(=O)[nH]c2=O)[C@H](O)[C@@H]1O. The minimum absolute atomic E-state index is 0.257. The Labute approximate surface area is 122 Å². The van der Waals surface area contributed by atoms with Crippen molar-refractivity contribution in [3.05, 3.63) is 33.1 Å². The Morgan fingerprint density at radius 3 is 2.73 bits per heavy atom. The standard InChI is InChI=1S/C10H14FN2O8P/c1-22(18,19)20-4-5-7(15)8(16)10(11,21-5)13-3-2-6(14)12-9(13)17/h2-3,5,7-8,15-16H,4H2,1H3,(H,18,19)(H,12,14,17)/t5-,7-,8-,10+/m1/s1. The molecule has 0 radical (unpaired) electrons. The first kappa shape index (κ1) is 17.0. The van der Waals surface area contributed by atoms with Gasteiger partial charge in [-0.2, -0.15) is 4.39 Å². The van der Waals surface area contributed by atoms with Gasteiger partial charge in [0.15, 0.2) is 6.10 Å². The largest absolute Gasteiger partial charge is 0.387 e. The van der Waals surface area contributed by atoms with Gasteiger partial charge in [-0.3, -0.25) is 14.3 Å². The predicted octanol–water partition coefficient (Wildman–Crippen LogP) is -1.93. The van der Waals surface area contributed by atoms with E-state index in [0.29, 0.717) is 0 Å². The van der Waals surface area contributed by atoms with Crippen LogP contribution < -0.4 is 11.2 Å². The molecule has 0 bridgehead atoms. The Hall–Kier alpha value is -1.36. The van der Waals surface area contributed by atoms with Gasteiger partial charge in [0.1, 0.15) is 12.2 Å². The van der Waals surface area contributed by atoms with Crippen LogP contribution in [0, 0.1) is 0 Å². The normalized spacial score (nSPS) is 34.5. The van der Waals surface area contributed by atoms with Crippen LogP contribution in [0.3, 0.4) is 0 Å². The Balaban J connectivity index is 2.30. The molecule has 1 aliphatic heterocycles. The number of nitrogens with zero attached hydrogens (tertiary/aromatic N) is 1. The average molecular weight is 340 g/mol. The highest BCUT2D eigenvalue weighted by molar-refractivity contribution is 7.51. The molecule has 1 fully saturated rings. The van der Waals surface area contributed by atoms with Crippen LogP contribution in [0.25, 0.3) is 0 Å². The lowest BCUT2D eigenvalue weighted by molar-refractivity contribution is -0.239. The van der Waals surface area contributed by atoms with Crippen molar-refractivity contribution in [3.63, 3.8) is 0 Å². The first-order valence-corrected chi connectivity index (χ1v) is 8.07. The molecular formula is C10H14FN2O8P. The Morgan fingerprint density at radius 1 is 1.55 bits per heavy atom. The van der Waals surface area contributed by atoms with Crippen LogP contribution in [0.4, 0.5) is 4.39 Å². The molecule has 5 atom stereocenters. The third kappa shape index (κ3) is 3.19. The molecule has 22 heavy (non-hydrogen) atoms. The van der Waals surface area contributed by atoms with E-state index < -0.39 is 49.7 Å². The van der Waals surface area contributed by atoms with Gasteiger partial charge in [0, 0.05) is 18.9 Å². The zero-order chi connectivity index (χ0) is 16.7. The van der Waals surface area contributed by atoms with Crippen molar-refractivity contribution >= 4 is 7.60 Å². The van der Waals surface area contributed by atoms with Gasteiger partial charge in [-0.05, 0) is 0 Å². The highest BCUT2D eigenvalue weighted by Crippen LogP contribution is 2.40. The van der Waals surface area contributed by atoms with Crippen molar-refractivity contribution in [1.82, 2.24) is 9.55 Å². The first-order valence-electron chi connectivity index (χ1n) is 6.05. The first-order chi connectivity index (χ1) is 10.0. The van der Waals surface area contributed by atoms with Crippen LogP contribution in [-0.4, -0.2) is 56.2 Å². The van der Waals surface area contributed by atoms with Crippen LogP contribution in [0.15, 0.2) is 21.9 Å². The quantitative estimate of drug-likeness (QED) is 0.463. The Bertz CT molecular complexity index is 713. The van der Waals surface area contributed by atoms with Gasteiger partial charge in [-0.15, -0.1) is 0 Å². The smallest absolute Gasteiger partial charge is 0.332 e. The van der Waals surface area contributed by atoms with Crippen molar-refractivity contribution in [1.29, 1.82) is 0 Å². The number of aromatic amines is 1. The molecule has 10 nitrogen and oxygen atoms in total. The highest BCUT2D eigenvalue weighted by Gasteiger charge is 2.57. The molecule has 2 heterocycles. The highest BCUT2D eigenvalue weighted by atomic mass is 31.2. The number of rotatable bonds is 4. The number of halogens is 1. The molecule has 0 aromatic carbocycles. The van der Waals surface area contributed by atoms with Crippen molar-refractivity contribution in [2.75, 3.05) is 13.3 Å². The van der Waals surface area contributed by atoms with E-state index in [9.17, 15) is 28.8 Å². The van der Waals surface area contributed by atoms with E-state index in [1.807, 2.05) is 0 Å². The van der Waals surface area contributed by atoms with Gasteiger partial charge in [-0.1, -0.05) is 0 Å². The molecule has 1 unspecified atom stereocenters. The molecule has 0 amide bonds. The van der Waals surface area contributed by atoms with E-state index in [0.717, 1.165) is 18.9 Å². The molecule has 0 spiro atoms. The molecule has 4 N–H and O–H groups in total. The molecule has 0 saturated carbocycles. The summed E-state index contributed by atoms with van der Waals surface area (Å²) in [6.45, 7) is 0.187. The summed E-state index contributed by atoms with van der Waals surface area (Å²) in [6.07, 6.45) is -4.76. The molecular weight excluding hydrogens is 326 g/mol. The molecule has 1 saturated heterocycles. The van der Waals surface area contributed by atoms with Gasteiger partial charge < -0.3 is 24.4 Å². The summed E-state index contributed by atoms with van der Waals surface area (Å²) < 4.78 is 35.4. The van der Waals surface area contributed by atoms with E-state index in [-0.39, 0.29) is 4.57 Å². The summed E-state index contributed by atoms with van der Waals surface area (Å²) in [5, 5.41) is 19.5. The topological polar surface area (TPSA) is 151 Å². The van der Waals surface area contributed by atoms with Crippen LogP contribution in [-0.2, 0) is 19.8 Å². The van der Waals surface area contributed by atoms with Crippen LogP contribution in [0.1, 0.15) is 0 Å². The molecule has 1 aliphatic rings. The second-order valence-electron chi connectivity index (χ2n) is 4.78. The molecule has 1 aromatic heterocycles. The zero-order valence-corrected chi connectivity index (χ0v) is 12.1. The number of alkyl halides is 1. The maximum atomic E-state index is 14.8. The average Bonchev–Trinajstić information content (AvgIpc) is 2.61. The number of aliphatic hydroxyl groups excluding tert-OH is 2. The van der Waals surface area contributed by atoms with Crippen molar-refractivity contribution in [3.8, 4) is 0 Å². The molecule has 124 valence electrons. The second kappa shape index (κ2) is 5.69. The number of hydrogen-bond donors (Lipinski definition) is 4. The third-order valence-corrected chi connectivity index (χ3v) is 3.64. The number of hydrogen-bond acceptors (Lipinski definition) is 7. The maximum Gasteiger partial charge on any atom is 0.332 e. The van der Waals surface area contributed by atoms with Crippen molar-refractivity contribution in [2.24, 2.45) is 0 Å². The van der Waals surface area contributed by atoms with E-state index in [4.69, 9.17) is 9.63 Å². The van der Waals surface area contributed by atoms with Gasteiger partial charge >= 0.3 is 19.3 Å². The minimum atomic E-state index is -3.91. The Morgan fingerprint density at radius 2 is 2.18 bits per heavy atom. The summed E-state index contributed by atoms with van der Waals surface area (Å²) in [4.78, 5) is 33.3. The zero-order valence-electron chi connectivity index (χ0n) is 11.2. The number of nitrogens with one attached hydrogen (secondary N) is 1. The third-order valence-electron chi connectivity index (χ3n) is 3.02. The summed E-state index contributed by atoms with van der Waals surface area (Å²) in [7, 11) is -3.91. The number of H-pyrrole nitrogens is 1. The van der Waals surface area contributed by atoms with Crippen molar-refractivity contribution in [2.45, 2.75) is 24.3 Å². The van der Waals surface area contributed by atoms with E-state index in [2.05, 4.69) is 4.52 Å². The lowest BCUT2D eigenvalue weighted by atomic mass is 10.1. The monoisotopic (exact) mass is 340 g/mol. The number of aromatic nitrogens is 2. The van der Waals surface area contributed by atoms with E-state index >= 15 is 0 Å². The van der Waals surface area contributed by atoms with Gasteiger partial charge in [0.05, 0.1) is 6.61 Å². The second-order valence-corrected chi connectivity index (χ2v) is 6.64. The summed E-state index contributed by atoms with van der Waals surface area (Å²) >= 11 is 0. The molecule has 12 heteroatoms. The Kier molecular flexibility index (Phi) is 4.39. The maximum absolute atomic E-state index is 14.8. The van der Waals surface area contributed by atoms with Gasteiger partial charge in [0.2, 0.25) is 0 Å². The summed E-state index contributed by atoms with van der Waals surface area (Å²) in [6, 6.07) is 0.822. The summed E-state index contributed by atoms with van der Waals surface area (Å²) in [5.41, 5.74) is -1.99. The fourth-order valence-corrected chi connectivity index (χ4v) is 2.39. The fourth-order valence-electron chi connectivity index (χ4n) is 1.97. The molecule has 1 aromatic rings. The van der Waals surface area contributed by atoms with Crippen LogP contribution in [0.5, 0.6) is 0 Å². The summed E-state index contributed by atoms with van der Waals surface area (Å²) in [5.74, 6) is -3.16. The van der Waals surface area contributed by atoms with E-state index in [1.54, 1.807) is 4.98 Å². The lowest BCUT2D eigenvalue weighted by Gasteiger charge is -2.24. The fraction of sp³-hybridized carbons (Fsp3) is 0.600. The van der Waals surface area contributed by atoms with Gasteiger partial charge in [-0.25, -0.2) is 9.36 Å². The van der Waals surface area contributed by atoms with Gasteiger partial charge in [0.25, 0.3) is 5.56 Å². The van der Waals surface area contributed by atoms with E-state index in [1.165, 1.54) is 0 Å². The number of ether oxygens (including phenoxy) is 1. The lowest BCUT2D eigenvalue weighted by Crippen LogP contribution is -2.48.